The second kappa shape index (κ2) is 7.44. The maximum absolute atomic E-state index is 12.7. The van der Waals surface area contributed by atoms with Gasteiger partial charge in [0, 0.05) is 29.0 Å². The molecule has 4 rings (SSSR count). The molecule has 15 heteroatoms. The van der Waals surface area contributed by atoms with Crippen LogP contribution in [-0.2, 0) is 10.0 Å². The molecule has 2 N–H and O–H groups in total. The third kappa shape index (κ3) is 3.71. The number of H-pyrrole nitrogens is 1. The second-order valence-corrected chi connectivity index (χ2v) is 8.88. The lowest BCUT2D eigenvalue weighted by Gasteiger charge is -2.07. The molecule has 0 saturated carbocycles. The van der Waals surface area contributed by atoms with Gasteiger partial charge in [-0.1, -0.05) is 0 Å². The number of thiazole rings is 1. The van der Waals surface area contributed by atoms with E-state index in [1.165, 1.54) is 44.3 Å². The van der Waals surface area contributed by atoms with E-state index < -0.39 is 20.8 Å². The molecule has 0 unspecified atom stereocenters. The summed E-state index contributed by atoms with van der Waals surface area (Å²) >= 11 is 1.14. The average molecular weight is 462 g/mol. The Morgan fingerprint density at radius 2 is 2.03 bits per heavy atom. The minimum absolute atomic E-state index is 0.0123. The molecule has 0 aliphatic heterocycles. The van der Waals surface area contributed by atoms with Crippen molar-refractivity contribution in [2.24, 2.45) is 4.99 Å². The normalized spacial score (nSPS) is 12.4. The molecular formula is C16H14N8O5S2. The van der Waals surface area contributed by atoms with E-state index in [9.17, 15) is 23.6 Å². The van der Waals surface area contributed by atoms with Crippen molar-refractivity contribution in [1.82, 2.24) is 19.8 Å². The quantitative estimate of drug-likeness (QED) is 0.138. The molecule has 31 heavy (non-hydrogen) atoms. The van der Waals surface area contributed by atoms with Crippen LogP contribution in [0.25, 0.3) is 0 Å². The molecule has 1 aromatic carbocycles. The number of nitrogens with one attached hydrogen (secondary N) is 2. The Morgan fingerprint density at radius 3 is 2.65 bits per heavy atom. The fourth-order valence-electron chi connectivity index (χ4n) is 2.86. The first-order chi connectivity index (χ1) is 14.7. The summed E-state index contributed by atoms with van der Waals surface area (Å²) in [6.07, 6.45) is 1.48. The van der Waals surface area contributed by atoms with Gasteiger partial charge >= 0.3 is 5.82 Å². The van der Waals surface area contributed by atoms with Crippen LogP contribution in [0.4, 0.5) is 16.6 Å². The number of aromatic nitrogens is 5. The lowest BCUT2D eigenvalue weighted by molar-refractivity contribution is -0.683. The van der Waals surface area contributed by atoms with Crippen molar-refractivity contribution >= 4 is 43.9 Å². The standard InChI is InChI=1S/C16H14N8O5S2/c1-9-13(22-20-10(2)15(24(26)27)23(22)19-9)14(25)18-11-3-5-12(6-4-11)31(28,29)21-16-17-7-8-30-16/h3-8H,1-2H3,(H2-,17,18,19,20,21,25). The molecule has 0 spiro atoms. The van der Waals surface area contributed by atoms with E-state index in [2.05, 4.69) is 24.9 Å². The Bertz CT molecular complexity index is 1420. The molecule has 0 radical (unpaired) electrons. The van der Waals surface area contributed by atoms with Gasteiger partial charge in [-0.3, -0.25) is 9.71 Å². The van der Waals surface area contributed by atoms with Gasteiger partial charge in [0.2, 0.25) is 0 Å². The number of sulfonamides is 1. The van der Waals surface area contributed by atoms with Crippen LogP contribution < -0.4 is 14.5 Å². The van der Waals surface area contributed by atoms with Crippen molar-refractivity contribution in [2.45, 2.75) is 18.7 Å². The molecule has 0 amide bonds. The summed E-state index contributed by atoms with van der Waals surface area (Å²) in [5, 5.41) is 32.6. The van der Waals surface area contributed by atoms with Gasteiger partial charge in [-0.15, -0.1) is 11.3 Å². The molecule has 3 aromatic heterocycles. The molecule has 0 aliphatic carbocycles. The summed E-state index contributed by atoms with van der Waals surface area (Å²) in [7, 11) is -3.83. The minimum atomic E-state index is -3.83. The van der Waals surface area contributed by atoms with E-state index in [0.29, 0.717) is 0 Å². The van der Waals surface area contributed by atoms with Crippen LogP contribution in [0.3, 0.4) is 0 Å². The Labute approximate surface area is 178 Å². The van der Waals surface area contributed by atoms with Gasteiger partial charge in [0.15, 0.2) is 15.5 Å². The first-order valence-corrected chi connectivity index (χ1v) is 11.0. The monoisotopic (exact) mass is 462 g/mol. The van der Waals surface area contributed by atoms with Crippen molar-refractivity contribution in [3.8, 4) is 0 Å². The molecule has 13 nitrogen and oxygen atoms in total. The third-order valence-corrected chi connectivity index (χ3v) is 6.37. The van der Waals surface area contributed by atoms with E-state index >= 15 is 0 Å². The number of aliphatic imine (C=N–C) groups is 1. The number of aromatic amines is 1. The largest absolute Gasteiger partial charge is 0.855 e. The van der Waals surface area contributed by atoms with Gasteiger partial charge in [-0.25, -0.2) is 13.4 Å². The maximum Gasteiger partial charge on any atom is 0.436 e. The van der Waals surface area contributed by atoms with Gasteiger partial charge in [0.05, 0.1) is 10.6 Å². The molecule has 160 valence electrons. The zero-order valence-corrected chi connectivity index (χ0v) is 17.6. The summed E-state index contributed by atoms with van der Waals surface area (Å²) in [5.74, 6) is -1.00. The zero-order chi connectivity index (χ0) is 22.3. The number of hydrogen-bond donors (Lipinski definition) is 2. The van der Waals surface area contributed by atoms with Gasteiger partial charge in [-0.05, 0) is 36.1 Å². The molecule has 0 bridgehead atoms. The fraction of sp³-hybridized carbons (Fsp3) is 0.125. The van der Waals surface area contributed by atoms with Gasteiger partial charge in [0.25, 0.3) is 21.4 Å². The molecule has 4 aromatic rings. The first kappa shape index (κ1) is 20.4. The number of benzene rings is 1. The Morgan fingerprint density at radius 1 is 1.32 bits per heavy atom. The van der Waals surface area contributed by atoms with E-state index in [-0.39, 0.29) is 38.6 Å². The topological polar surface area (TPSA) is 175 Å². The SMILES string of the molecule is Cc1nn2c([N+](=O)[O-])c(C)[nH][n+]2c1C([O-])=Nc1ccc(S(=O)(=O)Nc2nccs2)cc1. The third-order valence-electron chi connectivity index (χ3n) is 4.19. The maximum atomic E-state index is 12.7. The van der Waals surface area contributed by atoms with Crippen LogP contribution in [-0.4, -0.2) is 39.1 Å². The van der Waals surface area contributed by atoms with Crippen LogP contribution in [0.1, 0.15) is 17.1 Å². The minimum Gasteiger partial charge on any atom is -0.855 e. The van der Waals surface area contributed by atoms with Crippen molar-refractivity contribution < 1.29 is 23.1 Å². The predicted octanol–water partition coefficient (Wildman–Crippen LogP) is 0.469. The van der Waals surface area contributed by atoms with E-state index in [1.807, 2.05) is 0 Å². The number of nitrogens with zero attached hydrogens (tertiary/aromatic N) is 6. The van der Waals surface area contributed by atoms with Crippen LogP contribution in [0.15, 0.2) is 45.7 Å². The van der Waals surface area contributed by atoms with Gasteiger partial charge < -0.3 is 15.2 Å². The first-order valence-electron chi connectivity index (χ1n) is 8.60. The second-order valence-electron chi connectivity index (χ2n) is 6.31. The highest BCUT2D eigenvalue weighted by Gasteiger charge is 2.33. The smallest absolute Gasteiger partial charge is 0.436 e. The Hall–Kier alpha value is -3.85. The Kier molecular flexibility index (Phi) is 4.90. The number of anilines is 1. The predicted molar refractivity (Wildman–Crippen MR) is 107 cm³/mol. The van der Waals surface area contributed by atoms with Gasteiger partial charge in [0.1, 0.15) is 5.10 Å². The van der Waals surface area contributed by atoms with E-state index in [1.54, 1.807) is 5.38 Å². The highest BCUT2D eigenvalue weighted by atomic mass is 32.2. The number of rotatable bonds is 6. The van der Waals surface area contributed by atoms with Crippen molar-refractivity contribution in [3.63, 3.8) is 0 Å². The summed E-state index contributed by atoms with van der Waals surface area (Å²) in [6, 6.07) is 5.35. The number of aryl methyl sites for hydroxylation is 2. The number of fused-ring (bicyclic) bond motifs is 1. The molecule has 3 heterocycles. The number of nitro groups is 1. The summed E-state index contributed by atoms with van der Waals surface area (Å²) < 4.78 is 29.2. The van der Waals surface area contributed by atoms with Crippen molar-refractivity contribution in [2.75, 3.05) is 4.72 Å². The molecule has 0 saturated heterocycles. The lowest BCUT2D eigenvalue weighted by Crippen LogP contribution is -2.39. The van der Waals surface area contributed by atoms with Crippen LogP contribution in [0, 0.1) is 24.0 Å². The molecular weight excluding hydrogens is 448 g/mol. The highest BCUT2D eigenvalue weighted by Crippen LogP contribution is 2.21. The van der Waals surface area contributed by atoms with Crippen molar-refractivity contribution in [1.29, 1.82) is 0 Å². The van der Waals surface area contributed by atoms with E-state index in [0.717, 1.165) is 20.6 Å². The zero-order valence-electron chi connectivity index (χ0n) is 16.0. The molecule has 0 fully saturated rings. The number of hydrogen-bond acceptors (Lipinski definition) is 9. The molecule has 0 atom stereocenters. The van der Waals surface area contributed by atoms with Gasteiger partial charge in [-0.2, -0.15) is 5.10 Å². The van der Waals surface area contributed by atoms with Crippen LogP contribution >= 0.6 is 11.3 Å². The van der Waals surface area contributed by atoms with Crippen LogP contribution in [0.2, 0.25) is 0 Å². The molecule has 0 aliphatic rings. The summed E-state index contributed by atoms with van der Waals surface area (Å²) in [6.45, 7) is 3.01. The Balaban J connectivity index is 1.66. The van der Waals surface area contributed by atoms with Crippen LogP contribution in [0.5, 0.6) is 0 Å². The fourth-order valence-corrected chi connectivity index (χ4v) is 4.65. The highest BCUT2D eigenvalue weighted by molar-refractivity contribution is 7.93. The summed E-state index contributed by atoms with van der Waals surface area (Å²) in [4.78, 5) is 18.4. The summed E-state index contributed by atoms with van der Waals surface area (Å²) in [5.41, 5.74) is 0.669. The van der Waals surface area contributed by atoms with Crippen molar-refractivity contribution in [3.05, 3.63) is 63.0 Å². The average Bonchev–Trinajstić information content (AvgIpc) is 3.37. The lowest BCUT2D eigenvalue weighted by atomic mass is 10.3. The van der Waals surface area contributed by atoms with E-state index in [4.69, 9.17) is 0 Å².